The highest BCUT2D eigenvalue weighted by molar-refractivity contribution is 5.58. The minimum absolute atomic E-state index is 0.167. The van der Waals surface area contributed by atoms with Crippen molar-refractivity contribution in [3.8, 4) is 5.75 Å². The maximum Gasteiger partial charge on any atom is 0.416 e. The van der Waals surface area contributed by atoms with Crippen LogP contribution in [0.5, 0.6) is 5.75 Å². The molecule has 0 saturated carbocycles. The Hall–Kier alpha value is -3.62. The molecule has 0 aliphatic heterocycles. The van der Waals surface area contributed by atoms with Crippen molar-refractivity contribution in [1.82, 2.24) is 19.8 Å². The van der Waals surface area contributed by atoms with Crippen molar-refractivity contribution in [2.75, 3.05) is 5.32 Å². The van der Waals surface area contributed by atoms with Gasteiger partial charge in [-0.2, -0.15) is 17.7 Å². The number of rotatable bonds is 4. The first-order valence-corrected chi connectivity index (χ1v) is 8.32. The number of alkyl halides is 3. The number of anilines is 2. The highest BCUT2D eigenvalue weighted by Crippen LogP contribution is 2.31. The van der Waals surface area contributed by atoms with Gasteiger partial charge in [-0.1, -0.05) is 18.2 Å². The molecule has 142 valence electrons. The summed E-state index contributed by atoms with van der Waals surface area (Å²) in [6.07, 6.45) is -3.98. The number of fused-ring (bicyclic) bond motifs is 1. The minimum atomic E-state index is -4.42. The van der Waals surface area contributed by atoms with Crippen LogP contribution < -0.4 is 5.32 Å². The van der Waals surface area contributed by atoms with E-state index in [4.69, 9.17) is 0 Å². The normalized spacial score (nSPS) is 11.7. The van der Waals surface area contributed by atoms with Gasteiger partial charge in [0.15, 0.2) is 17.3 Å². The van der Waals surface area contributed by atoms with E-state index in [1.54, 1.807) is 36.4 Å². The molecule has 4 aromatic rings. The number of phenolic OH excluding ortho intramolecular Hbond substituents is 1. The van der Waals surface area contributed by atoms with Gasteiger partial charge in [0.05, 0.1) is 5.56 Å². The third-order valence-corrected chi connectivity index (χ3v) is 4.09. The van der Waals surface area contributed by atoms with Gasteiger partial charge in [0.25, 0.3) is 0 Å². The van der Waals surface area contributed by atoms with Gasteiger partial charge in [0.1, 0.15) is 5.75 Å². The quantitative estimate of drug-likeness (QED) is 0.551. The summed E-state index contributed by atoms with van der Waals surface area (Å²) in [5.74, 6) is 1.09. The molecule has 28 heavy (non-hydrogen) atoms. The van der Waals surface area contributed by atoms with Crippen molar-refractivity contribution in [3.05, 3.63) is 77.6 Å². The zero-order valence-corrected chi connectivity index (χ0v) is 14.4. The lowest BCUT2D eigenvalue weighted by Gasteiger charge is -2.10. The van der Waals surface area contributed by atoms with Gasteiger partial charge in [-0.15, -0.1) is 15.3 Å². The molecule has 0 unspecified atom stereocenters. The summed E-state index contributed by atoms with van der Waals surface area (Å²) in [5.41, 5.74) is 0.958. The Morgan fingerprint density at radius 3 is 2.50 bits per heavy atom. The van der Waals surface area contributed by atoms with Crippen molar-refractivity contribution in [2.45, 2.75) is 12.6 Å². The van der Waals surface area contributed by atoms with Crippen molar-refractivity contribution < 1.29 is 18.3 Å². The maximum atomic E-state index is 12.9. The molecule has 2 aromatic carbocycles. The van der Waals surface area contributed by atoms with Crippen LogP contribution in [-0.4, -0.2) is 24.9 Å². The molecule has 0 fully saturated rings. The summed E-state index contributed by atoms with van der Waals surface area (Å²) in [5, 5.41) is 24.8. The lowest BCUT2D eigenvalue weighted by molar-refractivity contribution is -0.137. The Labute approximate surface area is 157 Å². The molecule has 0 bridgehead atoms. The molecule has 0 radical (unpaired) electrons. The number of halogens is 3. The Morgan fingerprint density at radius 2 is 1.75 bits per heavy atom. The summed E-state index contributed by atoms with van der Waals surface area (Å²) in [4.78, 5) is 0. The number of hydrogen-bond acceptors (Lipinski definition) is 5. The van der Waals surface area contributed by atoms with Crippen molar-refractivity contribution in [1.29, 1.82) is 0 Å². The lowest BCUT2D eigenvalue weighted by Crippen LogP contribution is -2.06. The summed E-state index contributed by atoms with van der Waals surface area (Å²) in [6.45, 7) is 0. The second-order valence-electron chi connectivity index (χ2n) is 6.15. The smallest absolute Gasteiger partial charge is 0.416 e. The molecule has 0 amide bonds. The summed E-state index contributed by atoms with van der Waals surface area (Å²) >= 11 is 0. The molecule has 6 nitrogen and oxygen atoms in total. The number of nitrogens with zero attached hydrogens (tertiary/aromatic N) is 4. The molecule has 0 spiro atoms. The number of benzene rings is 2. The molecule has 4 rings (SSSR count). The SMILES string of the molecule is Oc1ccc(Cc2nnc3ccc(Nc4cccc(C(F)(F)F)c4)nn23)cc1. The van der Waals surface area contributed by atoms with E-state index in [-0.39, 0.29) is 11.4 Å². The number of hydrogen-bond donors (Lipinski definition) is 2. The predicted molar refractivity (Wildman–Crippen MR) is 96.4 cm³/mol. The molecule has 0 atom stereocenters. The third-order valence-electron chi connectivity index (χ3n) is 4.09. The highest BCUT2D eigenvalue weighted by atomic mass is 19.4. The van der Waals surface area contributed by atoms with Crippen LogP contribution in [0, 0.1) is 0 Å². The average Bonchev–Trinajstić information content (AvgIpc) is 3.05. The van der Waals surface area contributed by atoms with Crippen LogP contribution in [0.1, 0.15) is 17.0 Å². The first-order valence-electron chi connectivity index (χ1n) is 8.32. The number of aromatic hydroxyl groups is 1. The van der Waals surface area contributed by atoms with Crippen LogP contribution in [0.15, 0.2) is 60.7 Å². The monoisotopic (exact) mass is 385 g/mol. The number of nitrogens with one attached hydrogen (secondary N) is 1. The second-order valence-corrected chi connectivity index (χ2v) is 6.15. The Morgan fingerprint density at radius 1 is 0.964 bits per heavy atom. The van der Waals surface area contributed by atoms with Crippen molar-refractivity contribution in [2.24, 2.45) is 0 Å². The molecule has 2 aromatic heterocycles. The summed E-state index contributed by atoms with van der Waals surface area (Å²) in [7, 11) is 0. The van der Waals surface area contributed by atoms with Gasteiger partial charge in [0, 0.05) is 12.1 Å². The average molecular weight is 385 g/mol. The van der Waals surface area contributed by atoms with E-state index in [2.05, 4.69) is 20.6 Å². The van der Waals surface area contributed by atoms with Crippen molar-refractivity contribution in [3.63, 3.8) is 0 Å². The first-order chi connectivity index (χ1) is 13.4. The van der Waals surface area contributed by atoms with Crippen LogP contribution in [0.3, 0.4) is 0 Å². The number of aromatic nitrogens is 4. The van der Waals surface area contributed by atoms with E-state index >= 15 is 0 Å². The van der Waals surface area contributed by atoms with E-state index in [9.17, 15) is 18.3 Å². The molecule has 0 saturated heterocycles. The van der Waals surface area contributed by atoms with E-state index in [1.807, 2.05) is 0 Å². The fraction of sp³-hybridized carbons (Fsp3) is 0.105. The molecule has 9 heteroatoms. The van der Waals surface area contributed by atoms with Gasteiger partial charge in [-0.25, -0.2) is 0 Å². The Balaban J connectivity index is 1.62. The Kier molecular flexibility index (Phi) is 4.34. The minimum Gasteiger partial charge on any atom is -0.508 e. The zero-order valence-electron chi connectivity index (χ0n) is 14.4. The second kappa shape index (κ2) is 6.84. The standard InChI is InChI=1S/C19H14F3N5O/c20-19(21,22)13-2-1-3-14(11-13)23-16-8-9-17-24-25-18(27(17)26-16)10-12-4-6-15(28)7-5-12/h1-9,11,28H,10H2,(H,23,26). The lowest BCUT2D eigenvalue weighted by atomic mass is 10.1. The van der Waals surface area contributed by atoms with Gasteiger partial charge >= 0.3 is 6.18 Å². The van der Waals surface area contributed by atoms with Crippen LogP contribution >= 0.6 is 0 Å². The molecule has 2 N–H and O–H groups in total. The van der Waals surface area contributed by atoms with Gasteiger partial charge < -0.3 is 10.4 Å². The largest absolute Gasteiger partial charge is 0.508 e. The first kappa shape index (κ1) is 17.8. The fourth-order valence-corrected chi connectivity index (χ4v) is 2.73. The molecular formula is C19H14F3N5O. The predicted octanol–water partition coefficient (Wildman–Crippen LogP) is 4.18. The molecule has 2 heterocycles. The maximum absolute atomic E-state index is 12.9. The summed E-state index contributed by atoms with van der Waals surface area (Å²) < 4.78 is 40.2. The van der Waals surface area contributed by atoms with E-state index in [1.165, 1.54) is 16.6 Å². The van der Waals surface area contributed by atoms with E-state index < -0.39 is 11.7 Å². The summed E-state index contributed by atoms with van der Waals surface area (Å²) in [6, 6.07) is 14.9. The fourth-order valence-electron chi connectivity index (χ4n) is 2.73. The number of phenols is 1. The topological polar surface area (TPSA) is 75.3 Å². The van der Waals surface area contributed by atoms with Crippen molar-refractivity contribution >= 4 is 17.2 Å². The molecule has 0 aliphatic rings. The Bertz CT molecular complexity index is 1120. The van der Waals surface area contributed by atoms with Gasteiger partial charge in [0.2, 0.25) is 0 Å². The van der Waals surface area contributed by atoms with E-state index in [0.717, 1.165) is 17.7 Å². The third kappa shape index (κ3) is 3.73. The van der Waals surface area contributed by atoms with Crippen LogP contribution in [0.25, 0.3) is 5.65 Å². The van der Waals surface area contributed by atoms with Gasteiger partial charge in [-0.3, -0.25) is 0 Å². The van der Waals surface area contributed by atoms with Gasteiger partial charge in [-0.05, 0) is 48.0 Å². The highest BCUT2D eigenvalue weighted by Gasteiger charge is 2.30. The van der Waals surface area contributed by atoms with Crippen LogP contribution in [-0.2, 0) is 12.6 Å². The van der Waals surface area contributed by atoms with Crippen LogP contribution in [0.4, 0.5) is 24.7 Å². The molecule has 0 aliphatic carbocycles. The van der Waals surface area contributed by atoms with E-state index in [0.29, 0.717) is 23.7 Å². The zero-order chi connectivity index (χ0) is 19.7. The molecular weight excluding hydrogens is 371 g/mol. The van der Waals surface area contributed by atoms with Crippen LogP contribution in [0.2, 0.25) is 0 Å².